The average Bonchev–Trinajstić information content (AvgIpc) is 3.36. The second-order valence-electron chi connectivity index (χ2n) is 11.1. The number of fused-ring (bicyclic) bond motifs is 4. The largest absolute Gasteiger partial charge is 0.458 e. The predicted molar refractivity (Wildman–Crippen MR) is 107 cm³/mol. The Bertz CT molecular complexity index is 795. The van der Waals surface area contributed by atoms with E-state index < -0.39 is 11.7 Å². The summed E-state index contributed by atoms with van der Waals surface area (Å²) in [6.45, 7) is 2.63. The van der Waals surface area contributed by atoms with Gasteiger partial charge in [-0.3, -0.25) is 0 Å². The van der Waals surface area contributed by atoms with Gasteiger partial charge in [0, 0.05) is 24.0 Å². The molecule has 0 radical (unpaired) electrons. The van der Waals surface area contributed by atoms with Crippen LogP contribution in [0.25, 0.3) is 0 Å². The summed E-state index contributed by atoms with van der Waals surface area (Å²) in [7, 11) is 1.73. The van der Waals surface area contributed by atoms with Crippen LogP contribution >= 0.6 is 0 Å². The van der Waals surface area contributed by atoms with Gasteiger partial charge >= 0.3 is 5.97 Å². The van der Waals surface area contributed by atoms with Gasteiger partial charge in [-0.25, -0.2) is 4.79 Å². The van der Waals surface area contributed by atoms with Crippen molar-refractivity contribution in [1.82, 2.24) is 0 Å². The molecule has 1 spiro atoms. The molecule has 4 aliphatic carbocycles. The van der Waals surface area contributed by atoms with Crippen LogP contribution < -0.4 is 0 Å². The van der Waals surface area contributed by atoms with Crippen molar-refractivity contribution in [2.45, 2.75) is 82.4 Å². The number of ether oxygens (including phenoxy) is 3. The second-order valence-corrected chi connectivity index (χ2v) is 11.1. The van der Waals surface area contributed by atoms with E-state index in [-0.39, 0.29) is 41.0 Å². The molecule has 0 aromatic carbocycles. The van der Waals surface area contributed by atoms with Crippen molar-refractivity contribution in [1.29, 1.82) is 0 Å². The van der Waals surface area contributed by atoms with Gasteiger partial charge in [-0.05, 0) is 80.6 Å². The molecule has 5 fully saturated rings. The van der Waals surface area contributed by atoms with E-state index in [1.165, 1.54) is 0 Å². The van der Waals surface area contributed by atoms with E-state index in [1.807, 2.05) is 0 Å². The van der Waals surface area contributed by atoms with Crippen molar-refractivity contribution in [2.75, 3.05) is 13.7 Å². The summed E-state index contributed by atoms with van der Waals surface area (Å²) in [5.41, 5.74) is 0.0119. The Morgan fingerprint density at radius 2 is 2.00 bits per heavy atom. The van der Waals surface area contributed by atoms with E-state index >= 15 is 0 Å². The Morgan fingerprint density at radius 3 is 2.73 bits per heavy atom. The van der Waals surface area contributed by atoms with Gasteiger partial charge in [-0.2, -0.15) is 0 Å². The predicted octanol–water partition coefficient (Wildman–Crippen LogP) is 2.57. The van der Waals surface area contributed by atoms with Gasteiger partial charge in [0.15, 0.2) is 6.29 Å². The zero-order valence-corrected chi connectivity index (χ0v) is 18.0. The van der Waals surface area contributed by atoms with E-state index in [4.69, 9.17) is 14.2 Å². The number of methoxy groups -OCH3 is 1. The zero-order chi connectivity index (χ0) is 20.9. The summed E-state index contributed by atoms with van der Waals surface area (Å²) in [6.07, 6.45) is 8.18. The zero-order valence-electron chi connectivity index (χ0n) is 18.0. The molecule has 6 heteroatoms. The van der Waals surface area contributed by atoms with Crippen LogP contribution in [0.1, 0.15) is 58.3 Å². The van der Waals surface area contributed by atoms with Gasteiger partial charge < -0.3 is 24.4 Å². The molecule has 166 valence electrons. The van der Waals surface area contributed by atoms with Crippen LogP contribution in [0, 0.1) is 34.5 Å². The Morgan fingerprint density at radius 1 is 1.17 bits per heavy atom. The van der Waals surface area contributed by atoms with Crippen LogP contribution in [0.5, 0.6) is 0 Å². The fourth-order valence-corrected chi connectivity index (χ4v) is 9.23. The molecule has 10 atom stereocenters. The highest BCUT2D eigenvalue weighted by molar-refractivity contribution is 5.85. The molecule has 0 aromatic rings. The standard InChI is InChI=1S/C24H34O6/c1-22-7-5-16-17(24(22,27)8-6-15(22)13-9-20(26)29-12-13)4-3-14-10-18(25)19-11-23(14,16)21(28-2)30-19/h9,14-19,21,25,27H,3-8,10-12H2,1-2H3/t14-,15+,16-,17+,18+,19-,21-,22+,23+,24-/m0/s1. The van der Waals surface area contributed by atoms with Gasteiger partial charge in [-0.1, -0.05) is 6.92 Å². The molecule has 1 saturated heterocycles. The quantitative estimate of drug-likeness (QED) is 0.671. The molecule has 6 aliphatic rings. The van der Waals surface area contributed by atoms with Crippen LogP contribution in [0.4, 0.5) is 0 Å². The number of rotatable bonds is 2. The molecular weight excluding hydrogens is 384 g/mol. The van der Waals surface area contributed by atoms with Crippen LogP contribution in [0.3, 0.4) is 0 Å². The van der Waals surface area contributed by atoms with E-state index in [0.29, 0.717) is 18.4 Å². The molecule has 2 heterocycles. The summed E-state index contributed by atoms with van der Waals surface area (Å²) in [5.74, 6) is 0.933. The van der Waals surface area contributed by atoms with Crippen molar-refractivity contribution in [3.63, 3.8) is 0 Å². The first-order valence-corrected chi connectivity index (χ1v) is 11.8. The summed E-state index contributed by atoms with van der Waals surface area (Å²) in [6, 6.07) is 0. The minimum absolute atomic E-state index is 0.0948. The van der Waals surface area contributed by atoms with Gasteiger partial charge in [0.1, 0.15) is 6.61 Å². The SMILES string of the molecule is CO[C@H]1O[C@H]2C[C@]13[C@@H](CC[C@@H]1[C@@H]3CC[C@]3(C)[C@@H](C4=CC(=O)OC4)CC[C@]13O)C[C@H]2O. The van der Waals surface area contributed by atoms with Crippen molar-refractivity contribution in [2.24, 2.45) is 34.5 Å². The van der Waals surface area contributed by atoms with E-state index in [1.54, 1.807) is 13.2 Å². The third-order valence-corrected chi connectivity index (χ3v) is 10.5. The smallest absolute Gasteiger partial charge is 0.331 e. The summed E-state index contributed by atoms with van der Waals surface area (Å²) in [4.78, 5) is 11.7. The Kier molecular flexibility index (Phi) is 4.14. The number of esters is 1. The van der Waals surface area contributed by atoms with Crippen LogP contribution in [0.15, 0.2) is 11.6 Å². The molecule has 4 saturated carbocycles. The molecule has 0 aromatic heterocycles. The van der Waals surface area contributed by atoms with Crippen molar-refractivity contribution in [3.8, 4) is 0 Å². The van der Waals surface area contributed by atoms with Crippen LogP contribution in [-0.2, 0) is 19.0 Å². The first-order chi connectivity index (χ1) is 14.3. The maximum Gasteiger partial charge on any atom is 0.331 e. The van der Waals surface area contributed by atoms with Gasteiger partial charge in [0.2, 0.25) is 0 Å². The first-order valence-electron chi connectivity index (χ1n) is 11.8. The average molecular weight is 419 g/mol. The third kappa shape index (κ3) is 2.21. The number of hydrogen-bond acceptors (Lipinski definition) is 6. The molecule has 2 N–H and O–H groups in total. The molecule has 0 unspecified atom stereocenters. The highest BCUT2D eigenvalue weighted by Gasteiger charge is 2.72. The number of cyclic esters (lactones) is 1. The van der Waals surface area contributed by atoms with Crippen LogP contribution in [0.2, 0.25) is 0 Å². The summed E-state index contributed by atoms with van der Waals surface area (Å²) >= 11 is 0. The highest BCUT2D eigenvalue weighted by atomic mass is 16.7. The molecule has 2 aliphatic heterocycles. The number of carbonyl (C=O) groups is 1. The van der Waals surface area contributed by atoms with E-state index in [2.05, 4.69) is 6.92 Å². The normalized spacial score (nSPS) is 56.7. The maximum absolute atomic E-state index is 12.3. The lowest BCUT2D eigenvalue weighted by molar-refractivity contribution is -0.244. The third-order valence-electron chi connectivity index (χ3n) is 10.5. The first kappa shape index (κ1) is 19.7. The van der Waals surface area contributed by atoms with Crippen molar-refractivity contribution in [3.05, 3.63) is 11.6 Å². The minimum Gasteiger partial charge on any atom is -0.458 e. The summed E-state index contributed by atoms with van der Waals surface area (Å²) < 4.78 is 17.3. The fraction of sp³-hybridized carbons (Fsp3) is 0.875. The maximum atomic E-state index is 12.3. The van der Waals surface area contributed by atoms with E-state index in [9.17, 15) is 15.0 Å². The topological polar surface area (TPSA) is 85.2 Å². The van der Waals surface area contributed by atoms with E-state index in [0.717, 1.165) is 56.9 Å². The number of hydrogen-bond donors (Lipinski definition) is 2. The number of aliphatic hydroxyl groups excluding tert-OH is 1. The lowest BCUT2D eigenvalue weighted by Crippen LogP contribution is -2.64. The molecule has 2 bridgehead atoms. The van der Waals surface area contributed by atoms with Crippen LogP contribution in [-0.4, -0.2) is 54.0 Å². The molecular formula is C24H34O6. The fourth-order valence-electron chi connectivity index (χ4n) is 9.23. The van der Waals surface area contributed by atoms with Crippen molar-refractivity contribution >= 4 is 5.97 Å². The van der Waals surface area contributed by atoms with Crippen molar-refractivity contribution < 1.29 is 29.2 Å². The second kappa shape index (κ2) is 6.31. The van der Waals surface area contributed by atoms with Gasteiger partial charge in [0.25, 0.3) is 0 Å². The lowest BCUT2D eigenvalue weighted by Gasteiger charge is -2.63. The van der Waals surface area contributed by atoms with Gasteiger partial charge in [-0.15, -0.1) is 0 Å². The summed E-state index contributed by atoms with van der Waals surface area (Å²) in [5, 5.41) is 22.9. The molecule has 0 amide bonds. The molecule has 6 nitrogen and oxygen atoms in total. The Balaban J connectivity index is 1.37. The van der Waals surface area contributed by atoms with Gasteiger partial charge in [0.05, 0.1) is 17.8 Å². The Hall–Kier alpha value is -0.950. The monoisotopic (exact) mass is 418 g/mol. The molecule has 6 rings (SSSR count). The number of aliphatic hydroxyl groups is 2. The Labute approximate surface area is 177 Å². The number of carbonyl (C=O) groups excluding carboxylic acids is 1. The lowest BCUT2D eigenvalue weighted by atomic mass is 9.43. The minimum atomic E-state index is -0.737. The molecule has 30 heavy (non-hydrogen) atoms. The highest BCUT2D eigenvalue weighted by Crippen LogP contribution is 2.72.